The van der Waals surface area contributed by atoms with Crippen LogP contribution in [0.1, 0.15) is 33.6 Å². The van der Waals surface area contributed by atoms with E-state index in [1.165, 1.54) is 0 Å². The molecule has 80 valence electrons. The molecule has 0 heterocycles. The Bertz CT molecular complexity index is 218. The molecule has 0 bridgehead atoms. The highest BCUT2D eigenvalue weighted by atomic mass is 16.2. The van der Waals surface area contributed by atoms with Crippen molar-refractivity contribution in [2.24, 2.45) is 11.7 Å². The summed E-state index contributed by atoms with van der Waals surface area (Å²) in [6.07, 6.45) is 6.65. The summed E-state index contributed by atoms with van der Waals surface area (Å²) < 4.78 is 0. The number of hydrogen-bond acceptors (Lipinski definition) is 2. The maximum atomic E-state index is 11.5. The lowest BCUT2D eigenvalue weighted by Gasteiger charge is -2.16. The van der Waals surface area contributed by atoms with Crippen LogP contribution in [0.4, 0.5) is 0 Å². The Morgan fingerprint density at radius 3 is 2.50 bits per heavy atom. The van der Waals surface area contributed by atoms with Crippen molar-refractivity contribution in [1.29, 1.82) is 0 Å². The molecule has 0 spiro atoms. The summed E-state index contributed by atoms with van der Waals surface area (Å²) in [6, 6.07) is -0.641. The van der Waals surface area contributed by atoms with Crippen LogP contribution in [0.3, 0.4) is 0 Å². The van der Waals surface area contributed by atoms with E-state index in [0.29, 0.717) is 12.3 Å². The molecule has 0 rings (SSSR count). The van der Waals surface area contributed by atoms with Crippen molar-refractivity contribution in [2.45, 2.75) is 45.7 Å². The van der Waals surface area contributed by atoms with Gasteiger partial charge in [0.2, 0.25) is 5.91 Å². The Kier molecular flexibility index (Phi) is 5.98. The maximum Gasteiger partial charge on any atom is 0.237 e. The van der Waals surface area contributed by atoms with Crippen molar-refractivity contribution in [2.75, 3.05) is 0 Å². The molecule has 0 aliphatic heterocycles. The van der Waals surface area contributed by atoms with Crippen LogP contribution in [0.2, 0.25) is 0 Å². The van der Waals surface area contributed by atoms with Crippen LogP contribution >= 0.6 is 0 Å². The van der Waals surface area contributed by atoms with Gasteiger partial charge in [-0.25, -0.2) is 0 Å². The van der Waals surface area contributed by atoms with Gasteiger partial charge in [0, 0.05) is 0 Å². The Hall–Kier alpha value is -1.01. The molecule has 0 aromatic rings. The fourth-order valence-corrected chi connectivity index (χ4v) is 1.16. The molecule has 0 radical (unpaired) electrons. The predicted molar refractivity (Wildman–Crippen MR) is 58.5 cm³/mol. The Labute approximate surface area is 86.4 Å². The number of carbonyl (C=O) groups is 1. The number of nitrogens with one attached hydrogen (secondary N) is 1. The van der Waals surface area contributed by atoms with E-state index < -0.39 is 6.04 Å². The molecule has 0 saturated heterocycles. The van der Waals surface area contributed by atoms with Crippen LogP contribution < -0.4 is 11.1 Å². The quantitative estimate of drug-likeness (QED) is 0.642. The minimum atomic E-state index is -0.447. The number of carbonyl (C=O) groups excluding carboxylic acids is 1. The number of amides is 1. The highest BCUT2D eigenvalue weighted by molar-refractivity contribution is 5.82. The lowest BCUT2D eigenvalue weighted by atomic mass is 10.0. The Morgan fingerprint density at radius 1 is 1.57 bits per heavy atom. The van der Waals surface area contributed by atoms with E-state index in [9.17, 15) is 4.79 Å². The van der Waals surface area contributed by atoms with E-state index in [0.717, 1.165) is 6.42 Å². The second-order valence-electron chi connectivity index (χ2n) is 3.87. The molecule has 3 heteroatoms. The smallest absolute Gasteiger partial charge is 0.237 e. The molecule has 3 N–H and O–H groups in total. The van der Waals surface area contributed by atoms with Crippen molar-refractivity contribution in [3.8, 4) is 12.3 Å². The molecule has 2 atom stereocenters. The van der Waals surface area contributed by atoms with E-state index in [-0.39, 0.29) is 11.9 Å². The van der Waals surface area contributed by atoms with E-state index in [1.54, 1.807) is 0 Å². The van der Waals surface area contributed by atoms with E-state index in [4.69, 9.17) is 12.2 Å². The summed E-state index contributed by atoms with van der Waals surface area (Å²) in [6.45, 7) is 6.00. The molecule has 0 saturated carbocycles. The maximum absolute atomic E-state index is 11.5. The van der Waals surface area contributed by atoms with Gasteiger partial charge < -0.3 is 11.1 Å². The summed E-state index contributed by atoms with van der Waals surface area (Å²) >= 11 is 0. The van der Waals surface area contributed by atoms with Gasteiger partial charge in [0.1, 0.15) is 0 Å². The number of nitrogens with two attached hydrogens (primary N) is 1. The van der Waals surface area contributed by atoms with Gasteiger partial charge in [-0.3, -0.25) is 4.79 Å². The molecule has 0 aromatic heterocycles. The second-order valence-corrected chi connectivity index (χ2v) is 3.87. The topological polar surface area (TPSA) is 55.1 Å². The van der Waals surface area contributed by atoms with Crippen LogP contribution in [0.5, 0.6) is 0 Å². The minimum Gasteiger partial charge on any atom is -0.341 e. The van der Waals surface area contributed by atoms with Crippen molar-refractivity contribution >= 4 is 5.91 Å². The largest absolute Gasteiger partial charge is 0.341 e. The summed E-state index contributed by atoms with van der Waals surface area (Å²) in [5, 5.41) is 2.72. The van der Waals surface area contributed by atoms with E-state index >= 15 is 0 Å². The molecule has 0 aliphatic rings. The van der Waals surface area contributed by atoms with Crippen molar-refractivity contribution < 1.29 is 4.79 Å². The van der Waals surface area contributed by atoms with E-state index in [1.807, 2.05) is 20.8 Å². The first kappa shape index (κ1) is 13.0. The van der Waals surface area contributed by atoms with Gasteiger partial charge >= 0.3 is 0 Å². The first-order chi connectivity index (χ1) is 6.51. The molecule has 1 amide bonds. The molecule has 2 unspecified atom stereocenters. The highest BCUT2D eigenvalue weighted by Gasteiger charge is 2.16. The average Bonchev–Trinajstić information content (AvgIpc) is 2.12. The summed E-state index contributed by atoms with van der Waals surface area (Å²) in [5.74, 6) is 2.77. The zero-order valence-electron chi connectivity index (χ0n) is 9.21. The first-order valence-electron chi connectivity index (χ1n) is 5.03. The standard InChI is InChI=1S/C11H20N2O/c1-5-9(6-2)13-11(14)10(12)7-8(3)4/h1,8-10H,6-7,12H2,2-4H3,(H,13,14). The molecule has 14 heavy (non-hydrogen) atoms. The third-order valence-corrected chi connectivity index (χ3v) is 1.99. The summed E-state index contributed by atoms with van der Waals surface area (Å²) in [5.41, 5.74) is 5.70. The first-order valence-corrected chi connectivity index (χ1v) is 5.03. The van der Waals surface area contributed by atoms with Gasteiger partial charge in [-0.1, -0.05) is 26.7 Å². The van der Waals surface area contributed by atoms with Gasteiger partial charge in [0.05, 0.1) is 12.1 Å². The third kappa shape index (κ3) is 4.88. The van der Waals surface area contributed by atoms with Gasteiger partial charge in [0.25, 0.3) is 0 Å². The Balaban J connectivity index is 4.01. The third-order valence-electron chi connectivity index (χ3n) is 1.99. The lowest BCUT2D eigenvalue weighted by molar-refractivity contribution is -0.123. The van der Waals surface area contributed by atoms with E-state index in [2.05, 4.69) is 11.2 Å². The zero-order chi connectivity index (χ0) is 11.1. The van der Waals surface area contributed by atoms with Gasteiger partial charge in [-0.2, -0.15) is 0 Å². The molecular formula is C11H20N2O. The normalized spacial score (nSPS) is 14.6. The van der Waals surface area contributed by atoms with Crippen LogP contribution in [0.25, 0.3) is 0 Å². The summed E-state index contributed by atoms with van der Waals surface area (Å²) in [4.78, 5) is 11.5. The number of terminal acetylenes is 1. The zero-order valence-corrected chi connectivity index (χ0v) is 9.21. The fourth-order valence-electron chi connectivity index (χ4n) is 1.16. The molecule has 0 aliphatic carbocycles. The SMILES string of the molecule is C#CC(CC)NC(=O)C(N)CC(C)C. The van der Waals surface area contributed by atoms with Crippen molar-refractivity contribution in [1.82, 2.24) is 5.32 Å². The molecular weight excluding hydrogens is 176 g/mol. The van der Waals surface area contributed by atoms with Gasteiger partial charge in [-0.05, 0) is 18.8 Å². The minimum absolute atomic E-state index is 0.150. The fraction of sp³-hybridized carbons (Fsp3) is 0.727. The predicted octanol–water partition coefficient (Wildman–Crippen LogP) is 0.888. The molecule has 0 fully saturated rings. The van der Waals surface area contributed by atoms with Crippen LogP contribution in [0.15, 0.2) is 0 Å². The van der Waals surface area contributed by atoms with Crippen LogP contribution in [-0.4, -0.2) is 18.0 Å². The summed E-state index contributed by atoms with van der Waals surface area (Å²) in [7, 11) is 0. The number of hydrogen-bond donors (Lipinski definition) is 2. The number of rotatable bonds is 5. The van der Waals surface area contributed by atoms with Crippen LogP contribution in [-0.2, 0) is 4.79 Å². The lowest BCUT2D eigenvalue weighted by Crippen LogP contribution is -2.45. The molecule has 0 aromatic carbocycles. The second kappa shape index (κ2) is 6.44. The van der Waals surface area contributed by atoms with Gasteiger partial charge in [0.15, 0.2) is 0 Å². The van der Waals surface area contributed by atoms with Crippen LogP contribution in [0, 0.1) is 18.3 Å². The van der Waals surface area contributed by atoms with Gasteiger partial charge in [-0.15, -0.1) is 6.42 Å². The molecule has 3 nitrogen and oxygen atoms in total. The Morgan fingerprint density at radius 2 is 2.14 bits per heavy atom. The monoisotopic (exact) mass is 196 g/mol. The highest BCUT2D eigenvalue weighted by Crippen LogP contribution is 2.03. The van der Waals surface area contributed by atoms with Crippen molar-refractivity contribution in [3.63, 3.8) is 0 Å². The average molecular weight is 196 g/mol. The van der Waals surface area contributed by atoms with Crippen molar-refractivity contribution in [3.05, 3.63) is 0 Å².